The topological polar surface area (TPSA) is 80.9 Å². The van der Waals surface area contributed by atoms with Crippen molar-refractivity contribution in [2.24, 2.45) is 5.73 Å². The molecule has 0 saturated heterocycles. The van der Waals surface area contributed by atoms with Crippen LogP contribution in [0.4, 0.5) is 0 Å². The van der Waals surface area contributed by atoms with Crippen LogP contribution in [0.5, 0.6) is 0 Å². The molecule has 102 valence electrons. The van der Waals surface area contributed by atoms with E-state index in [0.29, 0.717) is 24.2 Å². The molecular formula is C12H21ClN4O. The standard InChI is InChI=1S/C12H20N4O.ClH/c1-5-10-9(6-8(2)15-16-10)11(17)14-12(3,4)7-13;/h6H,5,7,13H2,1-4H3,(H,14,17);1H. The number of nitrogens with two attached hydrogens (primary N) is 1. The molecule has 0 aliphatic heterocycles. The maximum Gasteiger partial charge on any atom is 0.253 e. The molecule has 6 heteroatoms. The van der Waals surface area contributed by atoms with Crippen LogP contribution in [0.15, 0.2) is 6.07 Å². The predicted molar refractivity (Wildman–Crippen MR) is 74.0 cm³/mol. The maximum absolute atomic E-state index is 12.1. The van der Waals surface area contributed by atoms with Gasteiger partial charge in [0.25, 0.3) is 5.91 Å². The third-order valence-corrected chi connectivity index (χ3v) is 2.53. The molecule has 3 N–H and O–H groups in total. The fraction of sp³-hybridized carbons (Fsp3) is 0.583. The van der Waals surface area contributed by atoms with E-state index in [1.807, 2.05) is 27.7 Å². The van der Waals surface area contributed by atoms with Gasteiger partial charge in [-0.2, -0.15) is 10.2 Å². The Labute approximate surface area is 114 Å². The first-order chi connectivity index (χ1) is 7.89. The molecule has 0 aliphatic carbocycles. The van der Waals surface area contributed by atoms with E-state index in [1.54, 1.807) is 6.07 Å². The first kappa shape index (κ1) is 16.8. The van der Waals surface area contributed by atoms with Gasteiger partial charge in [0.2, 0.25) is 0 Å². The highest BCUT2D eigenvalue weighted by molar-refractivity contribution is 5.95. The number of hydrogen-bond donors (Lipinski definition) is 2. The average molecular weight is 273 g/mol. The molecule has 0 spiro atoms. The number of carbonyl (C=O) groups is 1. The summed E-state index contributed by atoms with van der Waals surface area (Å²) in [6.07, 6.45) is 0.680. The minimum atomic E-state index is -0.417. The van der Waals surface area contributed by atoms with Crippen molar-refractivity contribution in [2.45, 2.75) is 39.7 Å². The first-order valence-electron chi connectivity index (χ1n) is 5.75. The number of aryl methyl sites for hydroxylation is 2. The molecular weight excluding hydrogens is 252 g/mol. The van der Waals surface area contributed by atoms with E-state index in [0.717, 1.165) is 5.69 Å². The van der Waals surface area contributed by atoms with Gasteiger partial charge in [-0.15, -0.1) is 12.4 Å². The molecule has 18 heavy (non-hydrogen) atoms. The Balaban J connectivity index is 0.00000289. The Bertz CT molecular complexity index is 421. The number of nitrogens with zero attached hydrogens (tertiary/aromatic N) is 2. The zero-order chi connectivity index (χ0) is 13.1. The van der Waals surface area contributed by atoms with Crippen LogP contribution in [0.2, 0.25) is 0 Å². The minimum Gasteiger partial charge on any atom is -0.346 e. The highest BCUT2D eigenvalue weighted by atomic mass is 35.5. The summed E-state index contributed by atoms with van der Waals surface area (Å²) < 4.78 is 0. The Morgan fingerprint density at radius 1 is 1.44 bits per heavy atom. The third kappa shape index (κ3) is 4.23. The van der Waals surface area contributed by atoms with Crippen LogP contribution in [-0.4, -0.2) is 28.2 Å². The number of amides is 1. The van der Waals surface area contributed by atoms with Gasteiger partial charge in [-0.3, -0.25) is 4.79 Å². The van der Waals surface area contributed by atoms with Crippen LogP contribution in [0.1, 0.15) is 42.5 Å². The average Bonchev–Trinajstić information content (AvgIpc) is 2.28. The van der Waals surface area contributed by atoms with Crippen molar-refractivity contribution < 1.29 is 4.79 Å². The van der Waals surface area contributed by atoms with Gasteiger partial charge in [-0.05, 0) is 33.3 Å². The van der Waals surface area contributed by atoms with Crippen LogP contribution < -0.4 is 11.1 Å². The van der Waals surface area contributed by atoms with Gasteiger partial charge in [-0.1, -0.05) is 6.92 Å². The predicted octanol–water partition coefficient (Wildman–Crippen LogP) is 1.24. The highest BCUT2D eigenvalue weighted by Crippen LogP contribution is 2.09. The number of hydrogen-bond acceptors (Lipinski definition) is 4. The van der Waals surface area contributed by atoms with Crippen LogP contribution in [0.3, 0.4) is 0 Å². The second-order valence-corrected chi connectivity index (χ2v) is 4.74. The van der Waals surface area contributed by atoms with Crippen LogP contribution in [0, 0.1) is 6.92 Å². The normalized spacial score (nSPS) is 10.7. The fourth-order valence-electron chi connectivity index (χ4n) is 1.40. The third-order valence-electron chi connectivity index (χ3n) is 2.53. The Morgan fingerprint density at radius 3 is 2.56 bits per heavy atom. The molecule has 0 fully saturated rings. The maximum atomic E-state index is 12.1. The van der Waals surface area contributed by atoms with E-state index in [2.05, 4.69) is 15.5 Å². The van der Waals surface area contributed by atoms with E-state index >= 15 is 0 Å². The largest absolute Gasteiger partial charge is 0.346 e. The van der Waals surface area contributed by atoms with Crippen molar-refractivity contribution in [3.05, 3.63) is 23.0 Å². The van der Waals surface area contributed by atoms with E-state index in [4.69, 9.17) is 5.73 Å². The van der Waals surface area contributed by atoms with Crippen LogP contribution in [0.25, 0.3) is 0 Å². The molecule has 1 aromatic heterocycles. The second-order valence-electron chi connectivity index (χ2n) is 4.74. The molecule has 1 heterocycles. The van der Waals surface area contributed by atoms with Gasteiger partial charge in [0, 0.05) is 12.1 Å². The Hall–Kier alpha value is -1.20. The molecule has 1 aromatic rings. The van der Waals surface area contributed by atoms with Gasteiger partial charge >= 0.3 is 0 Å². The molecule has 0 atom stereocenters. The summed E-state index contributed by atoms with van der Waals surface area (Å²) in [5.74, 6) is -0.143. The van der Waals surface area contributed by atoms with Gasteiger partial charge in [0.1, 0.15) is 0 Å². The molecule has 0 aromatic carbocycles. The Morgan fingerprint density at radius 2 is 2.06 bits per heavy atom. The SMILES string of the molecule is CCc1nnc(C)cc1C(=O)NC(C)(C)CN.Cl. The van der Waals surface area contributed by atoms with E-state index in [1.165, 1.54) is 0 Å². The van der Waals surface area contributed by atoms with Crippen molar-refractivity contribution in [3.63, 3.8) is 0 Å². The number of nitrogens with one attached hydrogen (secondary N) is 1. The van der Waals surface area contributed by atoms with Gasteiger partial charge in [0.05, 0.1) is 17.0 Å². The van der Waals surface area contributed by atoms with E-state index in [-0.39, 0.29) is 18.3 Å². The molecule has 1 amide bonds. The van der Waals surface area contributed by atoms with Gasteiger partial charge in [0.15, 0.2) is 0 Å². The molecule has 0 aliphatic rings. The van der Waals surface area contributed by atoms with E-state index in [9.17, 15) is 4.79 Å². The first-order valence-corrected chi connectivity index (χ1v) is 5.75. The molecule has 0 bridgehead atoms. The summed E-state index contributed by atoms with van der Waals surface area (Å²) in [6.45, 7) is 7.93. The van der Waals surface area contributed by atoms with Gasteiger partial charge < -0.3 is 11.1 Å². The van der Waals surface area contributed by atoms with Gasteiger partial charge in [-0.25, -0.2) is 0 Å². The zero-order valence-electron chi connectivity index (χ0n) is 11.3. The quantitative estimate of drug-likeness (QED) is 0.864. The molecule has 0 unspecified atom stereocenters. The molecule has 0 saturated carbocycles. The lowest BCUT2D eigenvalue weighted by Gasteiger charge is -2.24. The summed E-state index contributed by atoms with van der Waals surface area (Å²) >= 11 is 0. The van der Waals surface area contributed by atoms with Crippen LogP contribution in [-0.2, 0) is 6.42 Å². The Kier molecular flexibility index (Phi) is 6.21. The van der Waals surface area contributed by atoms with Crippen molar-refractivity contribution in [1.82, 2.24) is 15.5 Å². The smallest absolute Gasteiger partial charge is 0.253 e. The second kappa shape index (κ2) is 6.66. The minimum absolute atomic E-state index is 0. The number of aromatic nitrogens is 2. The number of rotatable bonds is 4. The summed E-state index contributed by atoms with van der Waals surface area (Å²) in [5.41, 5.74) is 7.20. The summed E-state index contributed by atoms with van der Waals surface area (Å²) in [7, 11) is 0. The zero-order valence-corrected chi connectivity index (χ0v) is 12.1. The highest BCUT2D eigenvalue weighted by Gasteiger charge is 2.21. The summed E-state index contributed by atoms with van der Waals surface area (Å²) in [6, 6.07) is 1.76. The number of halogens is 1. The molecule has 5 nitrogen and oxygen atoms in total. The molecule has 1 rings (SSSR count). The lowest BCUT2D eigenvalue weighted by atomic mass is 10.0. The number of carbonyl (C=O) groups excluding carboxylic acids is 1. The fourth-order valence-corrected chi connectivity index (χ4v) is 1.40. The van der Waals surface area contributed by atoms with E-state index < -0.39 is 5.54 Å². The van der Waals surface area contributed by atoms with Crippen molar-refractivity contribution in [3.8, 4) is 0 Å². The van der Waals surface area contributed by atoms with Crippen molar-refractivity contribution >= 4 is 18.3 Å². The lowest BCUT2D eigenvalue weighted by Crippen LogP contribution is -2.49. The molecule has 0 radical (unpaired) electrons. The van der Waals surface area contributed by atoms with Crippen molar-refractivity contribution in [1.29, 1.82) is 0 Å². The monoisotopic (exact) mass is 272 g/mol. The summed E-state index contributed by atoms with van der Waals surface area (Å²) in [4.78, 5) is 12.1. The van der Waals surface area contributed by atoms with Crippen LogP contribution >= 0.6 is 12.4 Å². The summed E-state index contributed by atoms with van der Waals surface area (Å²) in [5, 5.41) is 10.9. The lowest BCUT2D eigenvalue weighted by molar-refractivity contribution is 0.0914. The van der Waals surface area contributed by atoms with Crippen molar-refractivity contribution in [2.75, 3.05) is 6.54 Å².